The maximum atomic E-state index is 12.8. The van der Waals surface area contributed by atoms with Gasteiger partial charge in [0.25, 0.3) is 5.91 Å². The molecule has 120 valence electrons. The van der Waals surface area contributed by atoms with Gasteiger partial charge < -0.3 is 10.1 Å². The van der Waals surface area contributed by atoms with E-state index in [2.05, 4.69) is 11.9 Å². The first-order valence-electron chi connectivity index (χ1n) is 7.44. The molecule has 0 aliphatic carbocycles. The molecule has 0 radical (unpaired) electrons. The zero-order chi connectivity index (χ0) is 16.7. The number of nitrogens with one attached hydrogen (secondary N) is 1. The van der Waals surface area contributed by atoms with E-state index in [1.807, 2.05) is 6.07 Å². The Balaban J connectivity index is 1.96. The Bertz CT molecular complexity index is 680. The van der Waals surface area contributed by atoms with E-state index in [1.54, 1.807) is 37.5 Å². The van der Waals surface area contributed by atoms with Crippen LogP contribution in [-0.4, -0.2) is 19.6 Å². The van der Waals surface area contributed by atoms with Gasteiger partial charge >= 0.3 is 0 Å². The minimum Gasteiger partial charge on any atom is -0.496 e. The lowest BCUT2D eigenvalue weighted by atomic mass is 10.1. The molecule has 4 heteroatoms. The fraction of sp³-hybridized carbons (Fsp3) is 0.211. The third-order valence-corrected chi connectivity index (χ3v) is 3.52. The molecule has 1 N–H and O–H groups in total. The summed E-state index contributed by atoms with van der Waals surface area (Å²) in [6, 6.07) is 11.6. The van der Waals surface area contributed by atoms with E-state index in [1.165, 1.54) is 12.1 Å². The molecule has 23 heavy (non-hydrogen) atoms. The molecule has 2 rings (SSSR count). The van der Waals surface area contributed by atoms with E-state index in [4.69, 9.17) is 4.74 Å². The van der Waals surface area contributed by atoms with Crippen LogP contribution in [-0.2, 0) is 12.8 Å². The van der Waals surface area contributed by atoms with Crippen molar-refractivity contribution in [3.8, 4) is 5.75 Å². The normalized spacial score (nSPS) is 10.2. The number of hydrogen-bond donors (Lipinski definition) is 1. The summed E-state index contributed by atoms with van der Waals surface area (Å²) in [7, 11) is 1.60. The van der Waals surface area contributed by atoms with Crippen LogP contribution in [0.3, 0.4) is 0 Å². The molecule has 2 aromatic carbocycles. The second kappa shape index (κ2) is 8.13. The summed E-state index contributed by atoms with van der Waals surface area (Å²) in [4.78, 5) is 12.2. The van der Waals surface area contributed by atoms with Crippen LogP contribution >= 0.6 is 0 Å². The molecular weight excluding hydrogens is 293 g/mol. The van der Waals surface area contributed by atoms with Gasteiger partial charge in [-0.2, -0.15) is 0 Å². The number of allylic oxidation sites excluding steroid dienone is 1. The van der Waals surface area contributed by atoms with E-state index < -0.39 is 0 Å². The Labute approximate surface area is 135 Å². The Morgan fingerprint density at radius 2 is 2.00 bits per heavy atom. The van der Waals surface area contributed by atoms with Crippen molar-refractivity contribution in [2.45, 2.75) is 12.8 Å². The van der Waals surface area contributed by atoms with Gasteiger partial charge in [-0.1, -0.05) is 18.2 Å². The van der Waals surface area contributed by atoms with Crippen molar-refractivity contribution < 1.29 is 13.9 Å². The Kier molecular flexibility index (Phi) is 5.92. The minimum atomic E-state index is -0.259. The van der Waals surface area contributed by atoms with Crippen LogP contribution in [0, 0.1) is 5.82 Å². The van der Waals surface area contributed by atoms with Crippen LogP contribution in [0.5, 0.6) is 5.75 Å². The molecule has 0 aliphatic heterocycles. The van der Waals surface area contributed by atoms with Crippen molar-refractivity contribution in [3.63, 3.8) is 0 Å². The van der Waals surface area contributed by atoms with Crippen molar-refractivity contribution in [1.29, 1.82) is 0 Å². The monoisotopic (exact) mass is 313 g/mol. The summed E-state index contributed by atoms with van der Waals surface area (Å²) >= 11 is 0. The summed E-state index contributed by atoms with van der Waals surface area (Å²) in [5, 5.41) is 2.87. The molecule has 0 aromatic heterocycles. The second-order valence-electron chi connectivity index (χ2n) is 5.15. The second-order valence-corrected chi connectivity index (χ2v) is 5.15. The lowest BCUT2D eigenvalue weighted by Crippen LogP contribution is -2.25. The Morgan fingerprint density at radius 1 is 1.26 bits per heavy atom. The number of carbonyl (C=O) groups is 1. The van der Waals surface area contributed by atoms with Gasteiger partial charge in [0.15, 0.2) is 0 Å². The molecule has 0 bridgehead atoms. The molecule has 0 spiro atoms. The number of methoxy groups -OCH3 is 1. The number of ether oxygens (including phenoxy) is 1. The van der Waals surface area contributed by atoms with Crippen molar-refractivity contribution in [3.05, 3.63) is 77.6 Å². The average Bonchev–Trinajstić information content (AvgIpc) is 2.57. The van der Waals surface area contributed by atoms with Crippen LogP contribution in [0.1, 0.15) is 21.5 Å². The van der Waals surface area contributed by atoms with E-state index in [9.17, 15) is 9.18 Å². The smallest absolute Gasteiger partial charge is 0.251 e. The number of carbonyl (C=O) groups excluding carboxylic acids is 1. The SMILES string of the molecule is C=CCc1cc(C(=O)NCCc2ccc(F)cc2)ccc1OC. The van der Waals surface area contributed by atoms with Gasteiger partial charge in [0.1, 0.15) is 11.6 Å². The fourth-order valence-electron chi connectivity index (χ4n) is 2.31. The van der Waals surface area contributed by atoms with Gasteiger partial charge in [-0.3, -0.25) is 4.79 Å². The highest BCUT2D eigenvalue weighted by Crippen LogP contribution is 2.20. The van der Waals surface area contributed by atoms with Gasteiger partial charge in [0.2, 0.25) is 0 Å². The van der Waals surface area contributed by atoms with E-state index in [0.717, 1.165) is 16.9 Å². The maximum Gasteiger partial charge on any atom is 0.251 e. The van der Waals surface area contributed by atoms with Gasteiger partial charge in [-0.25, -0.2) is 4.39 Å². The lowest BCUT2D eigenvalue weighted by molar-refractivity contribution is 0.0954. The lowest BCUT2D eigenvalue weighted by Gasteiger charge is -2.10. The first-order chi connectivity index (χ1) is 11.1. The third-order valence-electron chi connectivity index (χ3n) is 3.52. The largest absolute Gasteiger partial charge is 0.496 e. The third kappa shape index (κ3) is 4.68. The zero-order valence-corrected chi connectivity index (χ0v) is 13.1. The maximum absolute atomic E-state index is 12.8. The van der Waals surface area contributed by atoms with E-state index >= 15 is 0 Å². The highest BCUT2D eigenvalue weighted by atomic mass is 19.1. The number of benzene rings is 2. The van der Waals surface area contributed by atoms with Gasteiger partial charge in [-0.05, 0) is 54.3 Å². The molecule has 0 saturated heterocycles. The van der Waals surface area contributed by atoms with Gasteiger partial charge in [-0.15, -0.1) is 6.58 Å². The molecule has 0 aliphatic rings. The van der Waals surface area contributed by atoms with Gasteiger partial charge in [0, 0.05) is 12.1 Å². The van der Waals surface area contributed by atoms with Crippen molar-refractivity contribution in [2.24, 2.45) is 0 Å². The molecular formula is C19H20FNO2. The summed E-state index contributed by atoms with van der Waals surface area (Å²) in [6.45, 7) is 4.21. The van der Waals surface area contributed by atoms with Crippen LogP contribution in [0.15, 0.2) is 55.1 Å². The summed E-state index contributed by atoms with van der Waals surface area (Å²) < 4.78 is 18.1. The van der Waals surface area contributed by atoms with Crippen LogP contribution in [0.25, 0.3) is 0 Å². The predicted octanol–water partition coefficient (Wildman–Crippen LogP) is 3.54. The molecule has 3 nitrogen and oxygen atoms in total. The summed E-state index contributed by atoms with van der Waals surface area (Å²) in [5.74, 6) is 0.346. The van der Waals surface area contributed by atoms with Crippen LogP contribution < -0.4 is 10.1 Å². The highest BCUT2D eigenvalue weighted by Gasteiger charge is 2.09. The Hall–Kier alpha value is -2.62. The number of amides is 1. The Morgan fingerprint density at radius 3 is 2.65 bits per heavy atom. The van der Waals surface area contributed by atoms with Crippen LogP contribution in [0.4, 0.5) is 4.39 Å². The van der Waals surface area contributed by atoms with E-state index in [-0.39, 0.29) is 11.7 Å². The molecule has 0 unspecified atom stereocenters. The number of hydrogen-bond acceptors (Lipinski definition) is 2. The van der Waals surface area contributed by atoms with Gasteiger partial charge in [0.05, 0.1) is 7.11 Å². The minimum absolute atomic E-state index is 0.139. The zero-order valence-electron chi connectivity index (χ0n) is 13.1. The van der Waals surface area contributed by atoms with Crippen molar-refractivity contribution >= 4 is 5.91 Å². The molecule has 0 heterocycles. The van der Waals surface area contributed by atoms with E-state index in [0.29, 0.717) is 24.9 Å². The first-order valence-corrected chi connectivity index (χ1v) is 7.44. The van der Waals surface area contributed by atoms with Crippen molar-refractivity contribution in [2.75, 3.05) is 13.7 Å². The predicted molar refractivity (Wildman–Crippen MR) is 89.3 cm³/mol. The number of rotatable bonds is 7. The standard InChI is InChI=1S/C19H20FNO2/c1-3-4-15-13-16(7-10-18(15)23-2)19(22)21-12-11-14-5-8-17(20)9-6-14/h3,5-10,13H,1,4,11-12H2,2H3,(H,21,22). The topological polar surface area (TPSA) is 38.3 Å². The average molecular weight is 313 g/mol. The molecule has 0 fully saturated rings. The number of halogens is 1. The first kappa shape index (κ1) is 16.7. The summed E-state index contributed by atoms with van der Waals surface area (Å²) in [5.41, 5.74) is 2.49. The van der Waals surface area contributed by atoms with Crippen LogP contribution in [0.2, 0.25) is 0 Å². The van der Waals surface area contributed by atoms with Crippen molar-refractivity contribution in [1.82, 2.24) is 5.32 Å². The molecule has 0 atom stereocenters. The summed E-state index contributed by atoms with van der Waals surface area (Å²) in [6.07, 6.45) is 3.07. The molecule has 2 aromatic rings. The molecule has 1 amide bonds. The molecule has 0 saturated carbocycles. The quantitative estimate of drug-likeness (QED) is 0.794. The highest BCUT2D eigenvalue weighted by molar-refractivity contribution is 5.94. The fourth-order valence-corrected chi connectivity index (χ4v) is 2.31.